The molecule has 0 bridgehead atoms. The third kappa shape index (κ3) is 4.46. The molecule has 2 aromatic carbocycles. The maximum absolute atomic E-state index is 5.68. The Kier molecular flexibility index (Phi) is 5.78. The maximum Gasteiger partial charge on any atom is 0.161 e. The molecular formula is C22H24N2O3S. The van der Waals surface area contributed by atoms with Gasteiger partial charge in [-0.1, -0.05) is 6.07 Å². The van der Waals surface area contributed by atoms with Gasteiger partial charge in [-0.05, 0) is 55.9 Å². The molecule has 1 aliphatic rings. The molecule has 2 heterocycles. The van der Waals surface area contributed by atoms with Gasteiger partial charge < -0.3 is 14.2 Å². The Morgan fingerprint density at radius 3 is 2.61 bits per heavy atom. The van der Waals surface area contributed by atoms with Crippen LogP contribution < -0.4 is 14.2 Å². The third-order valence-electron chi connectivity index (χ3n) is 4.46. The molecule has 0 N–H and O–H groups in total. The molecule has 1 aromatic heterocycles. The average molecular weight is 397 g/mol. The van der Waals surface area contributed by atoms with E-state index in [1.54, 1.807) is 11.3 Å². The zero-order valence-corrected chi connectivity index (χ0v) is 17.0. The topological polar surface area (TPSA) is 43.8 Å². The summed E-state index contributed by atoms with van der Waals surface area (Å²) in [6.07, 6.45) is 0. The average Bonchev–Trinajstić information content (AvgIpc) is 3.17. The lowest BCUT2D eigenvalue weighted by atomic mass is 10.2. The smallest absolute Gasteiger partial charge is 0.161 e. The van der Waals surface area contributed by atoms with E-state index in [1.807, 2.05) is 25.1 Å². The Balaban J connectivity index is 1.38. The molecule has 146 valence electrons. The van der Waals surface area contributed by atoms with Crippen LogP contribution in [0.25, 0.3) is 10.6 Å². The Labute approximate surface area is 169 Å². The molecule has 0 amide bonds. The van der Waals surface area contributed by atoms with Crippen LogP contribution in [-0.2, 0) is 13.1 Å². The van der Waals surface area contributed by atoms with Gasteiger partial charge in [0.15, 0.2) is 11.5 Å². The van der Waals surface area contributed by atoms with Gasteiger partial charge in [0.1, 0.15) is 24.0 Å². The van der Waals surface area contributed by atoms with Crippen molar-refractivity contribution in [3.8, 4) is 27.8 Å². The van der Waals surface area contributed by atoms with E-state index in [0.29, 0.717) is 19.8 Å². The molecule has 3 aromatic rings. The van der Waals surface area contributed by atoms with Crippen LogP contribution in [0.2, 0.25) is 0 Å². The molecule has 0 atom stereocenters. The molecule has 0 saturated carbocycles. The largest absolute Gasteiger partial charge is 0.494 e. The standard InChI is InChI=1S/C22H24N2O3S/c1-3-25-19-7-5-17(6-8-19)22-23-18(15-28-22)14-24(2)13-16-4-9-20-21(12-16)27-11-10-26-20/h4-9,12,15H,3,10-11,13-14H2,1-2H3. The normalized spacial score (nSPS) is 13.0. The monoisotopic (exact) mass is 396 g/mol. The van der Waals surface area contributed by atoms with Crippen molar-refractivity contribution in [2.75, 3.05) is 26.9 Å². The van der Waals surface area contributed by atoms with E-state index in [1.165, 1.54) is 5.56 Å². The number of aromatic nitrogens is 1. The molecule has 0 aliphatic carbocycles. The SMILES string of the molecule is CCOc1ccc(-c2nc(CN(C)Cc3ccc4c(c3)OCCO4)cs2)cc1. The zero-order chi connectivity index (χ0) is 19.3. The zero-order valence-electron chi connectivity index (χ0n) is 16.2. The number of nitrogens with zero attached hydrogens (tertiary/aromatic N) is 2. The summed E-state index contributed by atoms with van der Waals surface area (Å²) in [6, 6.07) is 14.3. The highest BCUT2D eigenvalue weighted by Gasteiger charge is 2.13. The minimum Gasteiger partial charge on any atom is -0.494 e. The number of rotatable bonds is 7. The van der Waals surface area contributed by atoms with Gasteiger partial charge in [0.25, 0.3) is 0 Å². The first kappa shape index (κ1) is 18.8. The summed E-state index contributed by atoms with van der Waals surface area (Å²) in [6.45, 7) is 5.51. The van der Waals surface area contributed by atoms with E-state index in [0.717, 1.165) is 46.6 Å². The molecule has 0 radical (unpaired) electrons. The van der Waals surface area contributed by atoms with E-state index >= 15 is 0 Å². The Morgan fingerprint density at radius 1 is 1.04 bits per heavy atom. The molecule has 5 nitrogen and oxygen atoms in total. The summed E-state index contributed by atoms with van der Waals surface area (Å²) < 4.78 is 16.8. The number of thiazole rings is 1. The van der Waals surface area contributed by atoms with Gasteiger partial charge in [-0.3, -0.25) is 4.90 Å². The van der Waals surface area contributed by atoms with Gasteiger partial charge in [0, 0.05) is 24.0 Å². The molecule has 0 saturated heterocycles. The van der Waals surface area contributed by atoms with Gasteiger partial charge in [-0.25, -0.2) is 4.98 Å². The summed E-state index contributed by atoms with van der Waals surface area (Å²) in [5.74, 6) is 2.56. The second-order valence-corrected chi connectivity index (χ2v) is 7.61. The third-order valence-corrected chi connectivity index (χ3v) is 5.40. The highest BCUT2D eigenvalue weighted by molar-refractivity contribution is 7.13. The Hall–Kier alpha value is -2.57. The van der Waals surface area contributed by atoms with E-state index in [9.17, 15) is 0 Å². The minimum absolute atomic E-state index is 0.611. The second-order valence-electron chi connectivity index (χ2n) is 6.75. The van der Waals surface area contributed by atoms with Crippen molar-refractivity contribution >= 4 is 11.3 Å². The van der Waals surface area contributed by atoms with Crippen molar-refractivity contribution in [2.45, 2.75) is 20.0 Å². The Bertz CT molecular complexity index is 924. The van der Waals surface area contributed by atoms with E-state index < -0.39 is 0 Å². The van der Waals surface area contributed by atoms with Crippen LogP contribution in [0.3, 0.4) is 0 Å². The van der Waals surface area contributed by atoms with Crippen molar-refractivity contribution in [3.63, 3.8) is 0 Å². The number of ether oxygens (including phenoxy) is 3. The van der Waals surface area contributed by atoms with Crippen molar-refractivity contribution in [2.24, 2.45) is 0 Å². The Morgan fingerprint density at radius 2 is 1.82 bits per heavy atom. The summed E-state index contributed by atoms with van der Waals surface area (Å²) in [5.41, 5.74) is 3.40. The van der Waals surface area contributed by atoms with Crippen LogP contribution in [0, 0.1) is 0 Å². The second kappa shape index (κ2) is 8.63. The highest BCUT2D eigenvalue weighted by Crippen LogP contribution is 2.31. The predicted molar refractivity (Wildman–Crippen MR) is 111 cm³/mol. The van der Waals surface area contributed by atoms with Crippen molar-refractivity contribution in [1.29, 1.82) is 0 Å². The fraction of sp³-hybridized carbons (Fsp3) is 0.318. The highest BCUT2D eigenvalue weighted by atomic mass is 32.1. The van der Waals surface area contributed by atoms with Crippen LogP contribution in [0.4, 0.5) is 0 Å². The summed E-state index contributed by atoms with van der Waals surface area (Å²) >= 11 is 1.67. The van der Waals surface area contributed by atoms with Crippen molar-refractivity contribution in [3.05, 3.63) is 59.1 Å². The van der Waals surface area contributed by atoms with Crippen molar-refractivity contribution in [1.82, 2.24) is 9.88 Å². The first-order chi connectivity index (χ1) is 13.7. The van der Waals surface area contributed by atoms with E-state index in [4.69, 9.17) is 19.2 Å². The fourth-order valence-corrected chi connectivity index (χ4v) is 4.02. The number of hydrogen-bond acceptors (Lipinski definition) is 6. The van der Waals surface area contributed by atoms with Crippen LogP contribution in [-0.4, -0.2) is 36.8 Å². The maximum atomic E-state index is 5.68. The fourth-order valence-electron chi connectivity index (χ4n) is 3.20. The quantitative estimate of drug-likeness (QED) is 0.583. The first-order valence-corrected chi connectivity index (χ1v) is 10.3. The van der Waals surface area contributed by atoms with Gasteiger partial charge in [-0.15, -0.1) is 11.3 Å². The van der Waals surface area contributed by atoms with Crippen molar-refractivity contribution < 1.29 is 14.2 Å². The van der Waals surface area contributed by atoms with E-state index in [2.05, 4.69) is 41.6 Å². The molecular weight excluding hydrogens is 372 g/mol. The summed E-state index contributed by atoms with van der Waals surface area (Å²) in [4.78, 5) is 7.05. The molecule has 6 heteroatoms. The van der Waals surface area contributed by atoms with Crippen LogP contribution in [0.5, 0.6) is 17.2 Å². The van der Waals surface area contributed by atoms with Gasteiger partial charge >= 0.3 is 0 Å². The molecule has 4 rings (SSSR count). The number of benzene rings is 2. The lowest BCUT2D eigenvalue weighted by Crippen LogP contribution is -2.18. The predicted octanol–water partition coefficient (Wildman–Crippen LogP) is 4.61. The summed E-state index contributed by atoms with van der Waals surface area (Å²) in [5, 5.41) is 3.16. The molecule has 1 aliphatic heterocycles. The number of hydrogen-bond donors (Lipinski definition) is 0. The van der Waals surface area contributed by atoms with Gasteiger partial charge in [0.2, 0.25) is 0 Å². The molecule has 28 heavy (non-hydrogen) atoms. The van der Waals surface area contributed by atoms with Gasteiger partial charge in [0.05, 0.1) is 12.3 Å². The lowest BCUT2D eigenvalue weighted by molar-refractivity contribution is 0.171. The van der Waals surface area contributed by atoms with Crippen LogP contribution in [0.1, 0.15) is 18.2 Å². The van der Waals surface area contributed by atoms with Crippen LogP contribution in [0.15, 0.2) is 47.8 Å². The van der Waals surface area contributed by atoms with Gasteiger partial charge in [-0.2, -0.15) is 0 Å². The first-order valence-electron chi connectivity index (χ1n) is 9.46. The van der Waals surface area contributed by atoms with E-state index in [-0.39, 0.29) is 0 Å². The molecule has 0 unspecified atom stereocenters. The molecule has 0 fully saturated rings. The molecule has 0 spiro atoms. The minimum atomic E-state index is 0.611. The number of fused-ring (bicyclic) bond motifs is 1. The van der Waals surface area contributed by atoms with Crippen LogP contribution >= 0.6 is 11.3 Å². The summed E-state index contributed by atoms with van der Waals surface area (Å²) in [7, 11) is 2.10. The lowest BCUT2D eigenvalue weighted by Gasteiger charge is -2.20.